The molecule has 1 aliphatic heterocycles. The zero-order valence-corrected chi connectivity index (χ0v) is 15.1. The van der Waals surface area contributed by atoms with Crippen molar-refractivity contribution in [3.05, 3.63) is 12.7 Å². The van der Waals surface area contributed by atoms with Gasteiger partial charge in [-0.1, -0.05) is 13.0 Å². The van der Waals surface area contributed by atoms with Gasteiger partial charge in [0.2, 0.25) is 0 Å². The SMILES string of the molecule is C=CC[C@@H]1C[C@H]2CC(=O)CC[C@]2(C)[C@H]2CC[C@]3(C)C(=O)OC[C@H]3[C@H]12. The summed E-state index contributed by atoms with van der Waals surface area (Å²) in [6.07, 6.45) is 8.79. The first-order valence-electron chi connectivity index (χ1n) is 9.70. The molecule has 3 heteroatoms. The third kappa shape index (κ3) is 2.09. The number of ketones is 1. The smallest absolute Gasteiger partial charge is 0.312 e. The number of cyclic esters (lactones) is 1. The number of carbonyl (C=O) groups is 2. The van der Waals surface area contributed by atoms with Crippen LogP contribution in [0.3, 0.4) is 0 Å². The molecule has 1 heterocycles. The number of rotatable bonds is 2. The molecule has 0 aromatic rings. The second-order valence-electron chi connectivity index (χ2n) is 9.31. The highest BCUT2D eigenvalue weighted by Crippen LogP contribution is 2.65. The zero-order chi connectivity index (χ0) is 17.1. The van der Waals surface area contributed by atoms with E-state index in [9.17, 15) is 9.59 Å². The Morgan fingerprint density at radius 2 is 2.04 bits per heavy atom. The van der Waals surface area contributed by atoms with Crippen molar-refractivity contribution in [2.45, 2.75) is 58.8 Å². The third-order valence-electron chi connectivity index (χ3n) is 8.38. The van der Waals surface area contributed by atoms with Crippen LogP contribution in [0.2, 0.25) is 0 Å². The quantitative estimate of drug-likeness (QED) is 0.564. The van der Waals surface area contributed by atoms with Gasteiger partial charge in [-0.25, -0.2) is 0 Å². The summed E-state index contributed by atoms with van der Waals surface area (Å²) >= 11 is 0. The normalized spacial score (nSPS) is 50.5. The largest absolute Gasteiger partial charge is 0.465 e. The topological polar surface area (TPSA) is 43.4 Å². The van der Waals surface area contributed by atoms with Crippen LogP contribution in [0.4, 0.5) is 0 Å². The van der Waals surface area contributed by atoms with Crippen molar-refractivity contribution in [1.82, 2.24) is 0 Å². The summed E-state index contributed by atoms with van der Waals surface area (Å²) in [6.45, 7) is 9.15. The van der Waals surface area contributed by atoms with Gasteiger partial charge in [0.15, 0.2) is 0 Å². The average Bonchev–Trinajstić information content (AvgIpc) is 2.85. The lowest BCUT2D eigenvalue weighted by atomic mass is 9.42. The Balaban J connectivity index is 1.72. The number of carbonyl (C=O) groups excluding carboxylic acids is 2. The van der Waals surface area contributed by atoms with Crippen LogP contribution in [0.1, 0.15) is 58.8 Å². The Bertz CT molecular complexity index is 582. The predicted molar refractivity (Wildman–Crippen MR) is 92.1 cm³/mol. The molecule has 0 amide bonds. The lowest BCUT2D eigenvalue weighted by Gasteiger charge is -2.61. The Morgan fingerprint density at radius 1 is 1.25 bits per heavy atom. The summed E-state index contributed by atoms with van der Waals surface area (Å²) in [5.41, 5.74) is -0.0164. The molecule has 24 heavy (non-hydrogen) atoms. The van der Waals surface area contributed by atoms with Crippen LogP contribution >= 0.6 is 0 Å². The van der Waals surface area contributed by atoms with E-state index in [1.165, 1.54) is 0 Å². The van der Waals surface area contributed by atoms with Gasteiger partial charge in [0, 0.05) is 18.8 Å². The molecule has 7 atom stereocenters. The fourth-order valence-corrected chi connectivity index (χ4v) is 6.90. The van der Waals surface area contributed by atoms with Crippen LogP contribution in [-0.4, -0.2) is 18.4 Å². The summed E-state index contributed by atoms with van der Waals surface area (Å²) in [7, 11) is 0. The Labute approximate surface area is 145 Å². The van der Waals surface area contributed by atoms with E-state index in [0.29, 0.717) is 42.0 Å². The van der Waals surface area contributed by atoms with Gasteiger partial charge in [0.1, 0.15) is 5.78 Å². The van der Waals surface area contributed by atoms with Crippen molar-refractivity contribution in [2.75, 3.05) is 6.61 Å². The maximum atomic E-state index is 12.4. The lowest BCUT2D eigenvalue weighted by Crippen LogP contribution is -2.57. The van der Waals surface area contributed by atoms with Crippen molar-refractivity contribution >= 4 is 11.8 Å². The van der Waals surface area contributed by atoms with Crippen LogP contribution in [0.15, 0.2) is 12.7 Å². The van der Waals surface area contributed by atoms with Gasteiger partial charge in [0.25, 0.3) is 0 Å². The molecule has 0 bridgehead atoms. The van der Waals surface area contributed by atoms with Gasteiger partial charge in [-0.3, -0.25) is 9.59 Å². The first-order chi connectivity index (χ1) is 11.4. The number of hydrogen-bond donors (Lipinski definition) is 0. The highest BCUT2D eigenvalue weighted by Gasteiger charge is 2.63. The highest BCUT2D eigenvalue weighted by atomic mass is 16.5. The number of esters is 1. The van der Waals surface area contributed by atoms with E-state index < -0.39 is 0 Å². The molecule has 0 unspecified atom stereocenters. The lowest BCUT2D eigenvalue weighted by molar-refractivity contribution is -0.156. The van der Waals surface area contributed by atoms with Gasteiger partial charge in [-0.2, -0.15) is 0 Å². The van der Waals surface area contributed by atoms with Crippen LogP contribution in [-0.2, 0) is 14.3 Å². The molecule has 3 saturated carbocycles. The maximum Gasteiger partial charge on any atom is 0.312 e. The third-order valence-corrected chi connectivity index (χ3v) is 8.38. The van der Waals surface area contributed by atoms with E-state index >= 15 is 0 Å². The van der Waals surface area contributed by atoms with E-state index in [2.05, 4.69) is 20.4 Å². The molecule has 0 radical (unpaired) electrons. The molecule has 0 aromatic carbocycles. The Hall–Kier alpha value is -1.12. The molecule has 0 spiro atoms. The van der Waals surface area contributed by atoms with Gasteiger partial charge in [-0.15, -0.1) is 6.58 Å². The fourth-order valence-electron chi connectivity index (χ4n) is 6.90. The molecule has 0 N–H and O–H groups in total. The van der Waals surface area contributed by atoms with Gasteiger partial charge in [-0.05, 0) is 68.1 Å². The first-order valence-corrected chi connectivity index (χ1v) is 9.70. The van der Waals surface area contributed by atoms with E-state index in [1.807, 2.05) is 6.08 Å². The molecular formula is C21H30O3. The monoisotopic (exact) mass is 330 g/mol. The summed E-state index contributed by atoms with van der Waals surface area (Å²) in [5.74, 6) is 3.07. The van der Waals surface area contributed by atoms with E-state index in [4.69, 9.17) is 4.74 Å². The van der Waals surface area contributed by atoms with Crippen molar-refractivity contribution in [1.29, 1.82) is 0 Å². The molecule has 4 aliphatic rings. The van der Waals surface area contributed by atoms with Crippen molar-refractivity contribution in [2.24, 2.45) is 40.4 Å². The van der Waals surface area contributed by atoms with Crippen LogP contribution in [0, 0.1) is 40.4 Å². The number of hydrogen-bond acceptors (Lipinski definition) is 3. The molecule has 4 fully saturated rings. The second kappa shape index (κ2) is 5.44. The summed E-state index contributed by atoms with van der Waals surface area (Å²) in [6, 6.07) is 0. The second-order valence-corrected chi connectivity index (χ2v) is 9.31. The Kier molecular flexibility index (Phi) is 3.71. The van der Waals surface area contributed by atoms with E-state index in [-0.39, 0.29) is 16.8 Å². The summed E-state index contributed by atoms with van der Waals surface area (Å²) < 4.78 is 5.55. The van der Waals surface area contributed by atoms with Crippen molar-refractivity contribution < 1.29 is 14.3 Å². The van der Waals surface area contributed by atoms with Crippen molar-refractivity contribution in [3.8, 4) is 0 Å². The van der Waals surface area contributed by atoms with Gasteiger partial charge < -0.3 is 4.74 Å². The number of Topliss-reactive ketones (excluding diaryl/α,β-unsaturated/α-hetero) is 1. The van der Waals surface area contributed by atoms with Crippen LogP contribution in [0.25, 0.3) is 0 Å². The molecule has 0 aromatic heterocycles. The van der Waals surface area contributed by atoms with Gasteiger partial charge in [0.05, 0.1) is 12.0 Å². The van der Waals surface area contributed by atoms with E-state index in [0.717, 1.165) is 44.9 Å². The number of ether oxygens (including phenoxy) is 1. The number of fused-ring (bicyclic) bond motifs is 5. The maximum absolute atomic E-state index is 12.4. The molecule has 132 valence electrons. The molecule has 3 aliphatic carbocycles. The standard InChI is InChI=1S/C21H30O3/c1-4-5-13-10-14-11-15(22)6-8-20(14,2)16-7-9-21(3)17(18(13)16)12-24-19(21)23/h4,13-14,16-18H,1,5-12H2,2-3H3/t13-,14+,16+,17+,18-,20+,21+/m1/s1. The minimum Gasteiger partial charge on any atom is -0.465 e. The summed E-state index contributed by atoms with van der Waals surface area (Å²) in [4.78, 5) is 24.5. The average molecular weight is 330 g/mol. The Morgan fingerprint density at radius 3 is 2.79 bits per heavy atom. The van der Waals surface area contributed by atoms with E-state index in [1.54, 1.807) is 0 Å². The summed E-state index contributed by atoms with van der Waals surface area (Å²) in [5, 5.41) is 0. The van der Waals surface area contributed by atoms with Crippen LogP contribution < -0.4 is 0 Å². The first kappa shape index (κ1) is 16.4. The highest BCUT2D eigenvalue weighted by molar-refractivity contribution is 5.80. The molecular weight excluding hydrogens is 300 g/mol. The van der Waals surface area contributed by atoms with Gasteiger partial charge >= 0.3 is 5.97 Å². The molecule has 3 nitrogen and oxygen atoms in total. The predicted octanol–water partition coefficient (Wildman–Crippen LogP) is 4.16. The van der Waals surface area contributed by atoms with Crippen LogP contribution in [0.5, 0.6) is 0 Å². The molecule has 1 saturated heterocycles. The zero-order valence-electron chi connectivity index (χ0n) is 15.1. The minimum absolute atomic E-state index is 0.0226. The molecule has 4 rings (SSSR count). The number of allylic oxidation sites excluding steroid dienone is 1. The minimum atomic E-state index is -0.283. The van der Waals surface area contributed by atoms with Crippen molar-refractivity contribution in [3.63, 3.8) is 0 Å². The fraction of sp³-hybridized carbons (Fsp3) is 0.810.